The summed E-state index contributed by atoms with van der Waals surface area (Å²) in [5.74, 6) is 0.606. The number of fused-ring (bicyclic) bond motifs is 1. The number of aliphatic hydroxyl groups excluding tert-OH is 1. The first-order valence-electron chi connectivity index (χ1n) is 6.10. The van der Waals surface area contributed by atoms with Crippen LogP contribution in [0.5, 0.6) is 0 Å². The van der Waals surface area contributed by atoms with E-state index in [4.69, 9.17) is 0 Å². The van der Waals surface area contributed by atoms with Crippen molar-refractivity contribution < 1.29 is 23.0 Å². The van der Waals surface area contributed by atoms with E-state index in [1.807, 2.05) is 28.8 Å². The van der Waals surface area contributed by atoms with Gasteiger partial charge in [-0.15, -0.1) is 0 Å². The molecule has 0 aliphatic rings. The third kappa shape index (κ3) is 3.71. The Kier molecular flexibility index (Phi) is 4.29. The van der Waals surface area contributed by atoms with Crippen molar-refractivity contribution in [3.05, 3.63) is 30.1 Å². The Morgan fingerprint density at radius 2 is 2.05 bits per heavy atom. The Bertz CT molecular complexity index is 580. The van der Waals surface area contributed by atoms with Crippen LogP contribution in [0.1, 0.15) is 5.82 Å². The fraction of sp³-hybridized carbons (Fsp3) is 0.462. The fourth-order valence-electron chi connectivity index (χ4n) is 1.96. The molecule has 1 heterocycles. The first kappa shape index (κ1) is 14.8. The first-order chi connectivity index (χ1) is 9.37. The molecule has 1 unspecified atom stereocenters. The van der Waals surface area contributed by atoms with Crippen LogP contribution in [0.3, 0.4) is 0 Å². The lowest BCUT2D eigenvalue weighted by atomic mass is 10.2. The molecule has 0 amide bonds. The molecule has 0 fully saturated rings. The Balaban J connectivity index is 1.96. The quantitative estimate of drug-likeness (QED) is 0.916. The molecule has 0 radical (unpaired) electrons. The van der Waals surface area contributed by atoms with Gasteiger partial charge in [0.2, 0.25) is 0 Å². The van der Waals surface area contributed by atoms with Gasteiger partial charge in [-0.2, -0.15) is 13.2 Å². The summed E-state index contributed by atoms with van der Waals surface area (Å²) in [4.78, 5) is 4.33. The number of hydrogen-bond acceptors (Lipinski definition) is 3. The number of aliphatic hydroxyl groups is 1. The highest BCUT2D eigenvalue weighted by molar-refractivity contribution is 5.75. The van der Waals surface area contributed by atoms with Crippen molar-refractivity contribution in [1.82, 2.24) is 9.55 Å². The number of aromatic nitrogens is 2. The monoisotopic (exact) mass is 288 g/mol. The predicted octanol–water partition coefficient (Wildman–Crippen LogP) is 2.06. The molecule has 2 aromatic rings. The van der Waals surface area contributed by atoms with E-state index in [1.165, 1.54) is 0 Å². The highest BCUT2D eigenvalue weighted by Crippen LogP contribution is 2.17. The smallest absolute Gasteiger partial charge is 0.390 e. The summed E-state index contributed by atoms with van der Waals surface area (Å²) in [6, 6.07) is 7.45. The van der Waals surface area contributed by atoms with Crippen LogP contribution in [0.25, 0.3) is 11.0 Å². The van der Waals surface area contributed by atoms with Crippen LogP contribution in [-0.4, -0.2) is 40.2 Å². The molecule has 1 N–H and O–H groups in total. The fourth-order valence-corrected chi connectivity index (χ4v) is 1.96. The number of para-hydroxylation sites is 2. The number of ether oxygens (including phenoxy) is 1. The first-order valence-corrected chi connectivity index (χ1v) is 6.10. The lowest BCUT2D eigenvalue weighted by molar-refractivity contribution is -0.179. The Labute approximate surface area is 113 Å². The van der Waals surface area contributed by atoms with E-state index in [9.17, 15) is 18.3 Å². The van der Waals surface area contributed by atoms with Gasteiger partial charge in [0.1, 0.15) is 12.4 Å². The number of imidazole rings is 1. The lowest BCUT2D eigenvalue weighted by Gasteiger charge is -2.12. The van der Waals surface area contributed by atoms with Gasteiger partial charge in [-0.05, 0) is 12.1 Å². The number of hydrogen-bond donors (Lipinski definition) is 1. The topological polar surface area (TPSA) is 47.3 Å². The van der Waals surface area contributed by atoms with Crippen LogP contribution in [-0.2, 0) is 18.2 Å². The van der Waals surface area contributed by atoms with Crippen molar-refractivity contribution in [1.29, 1.82) is 0 Å². The van der Waals surface area contributed by atoms with Crippen LogP contribution in [0, 0.1) is 0 Å². The second-order valence-corrected chi connectivity index (χ2v) is 4.56. The Hall–Kier alpha value is -1.60. The molecule has 1 atom stereocenters. The second-order valence-electron chi connectivity index (χ2n) is 4.56. The molecule has 0 bridgehead atoms. The van der Waals surface area contributed by atoms with E-state index in [2.05, 4.69) is 9.72 Å². The van der Waals surface area contributed by atoms with Crippen LogP contribution < -0.4 is 0 Å². The Morgan fingerprint density at radius 3 is 2.70 bits per heavy atom. The van der Waals surface area contributed by atoms with Gasteiger partial charge in [-0.25, -0.2) is 4.98 Å². The molecule has 0 spiro atoms. The minimum absolute atomic E-state index is 0.142. The minimum atomic E-state index is -4.38. The van der Waals surface area contributed by atoms with Crippen LogP contribution in [0.4, 0.5) is 13.2 Å². The summed E-state index contributed by atoms with van der Waals surface area (Å²) in [6.07, 6.45) is -5.26. The number of halogens is 3. The molecule has 0 saturated heterocycles. The maximum atomic E-state index is 11.9. The van der Waals surface area contributed by atoms with Crippen molar-refractivity contribution in [2.45, 2.75) is 18.7 Å². The highest BCUT2D eigenvalue weighted by atomic mass is 19.4. The summed E-state index contributed by atoms with van der Waals surface area (Å²) in [5.41, 5.74) is 1.69. The largest absolute Gasteiger partial charge is 0.411 e. The van der Waals surface area contributed by atoms with Crippen LogP contribution in [0.2, 0.25) is 0 Å². The average Bonchev–Trinajstić information content (AvgIpc) is 2.65. The van der Waals surface area contributed by atoms with Gasteiger partial charge in [0.05, 0.1) is 23.7 Å². The molecule has 1 aromatic heterocycles. The molecule has 1 aromatic carbocycles. The zero-order valence-electron chi connectivity index (χ0n) is 10.9. The van der Waals surface area contributed by atoms with E-state index >= 15 is 0 Å². The maximum Gasteiger partial charge on any atom is 0.411 e. The molecular weight excluding hydrogens is 273 g/mol. The zero-order valence-corrected chi connectivity index (χ0v) is 10.9. The van der Waals surface area contributed by atoms with E-state index < -0.39 is 18.9 Å². The average molecular weight is 288 g/mol. The zero-order chi connectivity index (χ0) is 14.8. The summed E-state index contributed by atoms with van der Waals surface area (Å²) < 4.78 is 42.0. The molecule has 2 rings (SSSR count). The summed E-state index contributed by atoms with van der Waals surface area (Å²) in [7, 11) is 1.80. The molecule has 7 heteroatoms. The molecular formula is C13H15F3N2O2. The van der Waals surface area contributed by atoms with Gasteiger partial charge in [-0.1, -0.05) is 12.1 Å². The molecule has 0 saturated carbocycles. The SMILES string of the molecule is Cn1c(CC(O)COCC(F)(F)F)nc2ccccc21. The van der Waals surface area contributed by atoms with Gasteiger partial charge in [-0.3, -0.25) is 0 Å². The highest BCUT2D eigenvalue weighted by Gasteiger charge is 2.27. The maximum absolute atomic E-state index is 11.9. The van der Waals surface area contributed by atoms with E-state index in [1.54, 1.807) is 7.05 Å². The lowest BCUT2D eigenvalue weighted by Crippen LogP contribution is -2.25. The van der Waals surface area contributed by atoms with Crippen molar-refractivity contribution in [2.24, 2.45) is 7.05 Å². The third-order valence-electron chi connectivity index (χ3n) is 2.87. The van der Waals surface area contributed by atoms with E-state index in [0.29, 0.717) is 5.82 Å². The third-order valence-corrected chi connectivity index (χ3v) is 2.87. The van der Waals surface area contributed by atoms with Gasteiger partial charge >= 0.3 is 6.18 Å². The van der Waals surface area contributed by atoms with Gasteiger partial charge in [0.15, 0.2) is 0 Å². The summed E-state index contributed by atoms with van der Waals surface area (Å²) in [5, 5.41) is 9.70. The predicted molar refractivity (Wildman–Crippen MR) is 67.3 cm³/mol. The van der Waals surface area contributed by atoms with Crippen molar-refractivity contribution >= 4 is 11.0 Å². The Morgan fingerprint density at radius 1 is 1.35 bits per heavy atom. The number of benzene rings is 1. The van der Waals surface area contributed by atoms with Crippen molar-refractivity contribution in [3.8, 4) is 0 Å². The molecule has 110 valence electrons. The van der Waals surface area contributed by atoms with E-state index in [-0.39, 0.29) is 13.0 Å². The molecule has 0 aliphatic carbocycles. The van der Waals surface area contributed by atoms with E-state index in [0.717, 1.165) is 11.0 Å². The molecule has 20 heavy (non-hydrogen) atoms. The standard InChI is InChI=1S/C13H15F3N2O2/c1-18-11-5-3-2-4-10(11)17-12(18)6-9(19)7-20-8-13(14,15)16/h2-5,9,19H,6-8H2,1H3. The van der Waals surface area contributed by atoms with Gasteiger partial charge in [0.25, 0.3) is 0 Å². The minimum Gasteiger partial charge on any atom is -0.390 e. The summed E-state index contributed by atoms with van der Waals surface area (Å²) >= 11 is 0. The van der Waals surface area contributed by atoms with Crippen LogP contribution >= 0.6 is 0 Å². The van der Waals surface area contributed by atoms with Gasteiger partial charge < -0.3 is 14.4 Å². The number of nitrogens with zero attached hydrogens (tertiary/aromatic N) is 2. The number of aryl methyl sites for hydroxylation is 1. The summed E-state index contributed by atoms with van der Waals surface area (Å²) in [6.45, 7) is -1.73. The molecule has 0 aliphatic heterocycles. The molecule has 4 nitrogen and oxygen atoms in total. The van der Waals surface area contributed by atoms with Gasteiger partial charge in [0, 0.05) is 13.5 Å². The normalized spacial score (nSPS) is 13.8. The van der Waals surface area contributed by atoms with Crippen molar-refractivity contribution in [3.63, 3.8) is 0 Å². The van der Waals surface area contributed by atoms with Crippen LogP contribution in [0.15, 0.2) is 24.3 Å². The number of alkyl halides is 3. The second kappa shape index (κ2) is 5.80. The van der Waals surface area contributed by atoms with Crippen molar-refractivity contribution in [2.75, 3.05) is 13.2 Å². The number of rotatable bonds is 5.